The topological polar surface area (TPSA) is 61.4 Å². The fourth-order valence-electron chi connectivity index (χ4n) is 2.52. The number of nitrogens with one attached hydrogen (secondary N) is 2. The van der Waals surface area contributed by atoms with Gasteiger partial charge in [-0.05, 0) is 29.7 Å². The van der Waals surface area contributed by atoms with Crippen LogP contribution in [0.2, 0.25) is 0 Å². The average Bonchev–Trinajstić information content (AvgIpc) is 2.49. The van der Waals surface area contributed by atoms with Crippen LogP contribution in [-0.2, 0) is 11.2 Å². The van der Waals surface area contributed by atoms with Crippen LogP contribution in [0.4, 0.5) is 5.69 Å². The van der Waals surface area contributed by atoms with Gasteiger partial charge in [-0.15, -0.1) is 0 Å². The smallest absolute Gasteiger partial charge is 0.246 e. The number of rotatable bonds is 2. The molecule has 20 heavy (non-hydrogen) atoms. The van der Waals surface area contributed by atoms with Crippen LogP contribution in [0.1, 0.15) is 17.2 Å². The van der Waals surface area contributed by atoms with Crippen LogP contribution in [0.3, 0.4) is 0 Å². The zero-order chi connectivity index (χ0) is 13.9. The highest BCUT2D eigenvalue weighted by molar-refractivity contribution is 5.97. The number of para-hydroxylation sites is 2. The van der Waals surface area contributed by atoms with Crippen LogP contribution < -0.4 is 10.6 Å². The van der Waals surface area contributed by atoms with Crippen LogP contribution in [0.25, 0.3) is 0 Å². The van der Waals surface area contributed by atoms with E-state index < -0.39 is 0 Å². The largest absolute Gasteiger partial charge is 0.506 e. The van der Waals surface area contributed by atoms with E-state index in [1.54, 1.807) is 24.3 Å². The van der Waals surface area contributed by atoms with Crippen LogP contribution in [0.15, 0.2) is 48.5 Å². The Balaban J connectivity index is 1.84. The Morgan fingerprint density at radius 3 is 2.75 bits per heavy atom. The molecule has 0 saturated heterocycles. The normalized spacial score (nSPS) is 17.3. The fourth-order valence-corrected chi connectivity index (χ4v) is 2.52. The highest BCUT2D eigenvalue weighted by Gasteiger charge is 2.26. The summed E-state index contributed by atoms with van der Waals surface area (Å²) < 4.78 is 0. The third kappa shape index (κ3) is 2.38. The lowest BCUT2D eigenvalue weighted by molar-refractivity contribution is -0.118. The molecule has 3 N–H and O–H groups in total. The minimum absolute atomic E-state index is 0.0740. The third-order valence-electron chi connectivity index (χ3n) is 3.53. The summed E-state index contributed by atoms with van der Waals surface area (Å²) in [7, 11) is 0. The van der Waals surface area contributed by atoms with Gasteiger partial charge in [-0.1, -0.05) is 36.4 Å². The van der Waals surface area contributed by atoms with E-state index >= 15 is 0 Å². The number of anilines is 1. The molecule has 4 heteroatoms. The number of hydrogen-bond donors (Lipinski definition) is 3. The second-order valence-corrected chi connectivity index (χ2v) is 4.84. The summed E-state index contributed by atoms with van der Waals surface area (Å²) in [5.41, 5.74) is 2.64. The third-order valence-corrected chi connectivity index (χ3v) is 3.53. The second kappa shape index (κ2) is 5.35. The minimum Gasteiger partial charge on any atom is -0.506 e. The van der Waals surface area contributed by atoms with Crippen molar-refractivity contribution in [1.29, 1.82) is 0 Å². The Morgan fingerprint density at radius 1 is 1.15 bits per heavy atom. The number of phenols is 1. The first-order chi connectivity index (χ1) is 9.75. The van der Waals surface area contributed by atoms with Gasteiger partial charge in [0, 0.05) is 6.54 Å². The number of amides is 1. The Hall–Kier alpha value is -2.33. The van der Waals surface area contributed by atoms with E-state index in [1.165, 1.54) is 5.56 Å². The van der Waals surface area contributed by atoms with Crippen molar-refractivity contribution in [2.45, 2.75) is 12.5 Å². The highest BCUT2D eigenvalue weighted by atomic mass is 16.3. The lowest BCUT2D eigenvalue weighted by Gasteiger charge is -2.26. The van der Waals surface area contributed by atoms with Crippen LogP contribution in [0, 0.1) is 0 Å². The number of aromatic hydroxyl groups is 1. The van der Waals surface area contributed by atoms with Gasteiger partial charge in [0.2, 0.25) is 5.91 Å². The first-order valence-electron chi connectivity index (χ1n) is 6.66. The number of phenolic OH excluding ortho intramolecular Hbond substituents is 1. The summed E-state index contributed by atoms with van der Waals surface area (Å²) in [6.07, 6.45) is 0.927. The molecule has 0 bridgehead atoms. The van der Waals surface area contributed by atoms with Gasteiger partial charge in [0.1, 0.15) is 11.8 Å². The summed E-state index contributed by atoms with van der Waals surface area (Å²) in [5.74, 6) is -0.0800. The number of hydrogen-bond acceptors (Lipinski definition) is 3. The maximum atomic E-state index is 12.4. The second-order valence-electron chi connectivity index (χ2n) is 4.84. The lowest BCUT2D eigenvalue weighted by Crippen LogP contribution is -2.38. The van der Waals surface area contributed by atoms with E-state index in [0.717, 1.165) is 18.5 Å². The van der Waals surface area contributed by atoms with Crippen molar-refractivity contribution in [3.63, 3.8) is 0 Å². The van der Waals surface area contributed by atoms with Gasteiger partial charge in [0.15, 0.2) is 0 Å². The summed E-state index contributed by atoms with van der Waals surface area (Å²) in [6, 6.07) is 14.3. The van der Waals surface area contributed by atoms with Gasteiger partial charge in [-0.2, -0.15) is 0 Å². The standard InChI is InChI=1S/C16H16N2O2/c19-14-8-4-3-7-13(14)18-16(20)15-12-6-2-1-5-11(12)9-10-17-15/h1-8,15,17,19H,9-10H2,(H,18,20). The van der Waals surface area contributed by atoms with Crippen molar-refractivity contribution in [3.05, 3.63) is 59.7 Å². The molecule has 1 unspecified atom stereocenters. The summed E-state index contributed by atoms with van der Waals surface area (Å²) in [5, 5.41) is 15.7. The molecule has 3 rings (SSSR count). The minimum atomic E-state index is -0.375. The van der Waals surface area contributed by atoms with Crippen molar-refractivity contribution in [2.24, 2.45) is 0 Å². The van der Waals surface area contributed by atoms with Crippen molar-refractivity contribution in [2.75, 3.05) is 11.9 Å². The molecule has 1 heterocycles. The summed E-state index contributed by atoms with van der Waals surface area (Å²) >= 11 is 0. The molecule has 1 atom stereocenters. The van der Waals surface area contributed by atoms with E-state index in [0.29, 0.717) is 5.69 Å². The summed E-state index contributed by atoms with van der Waals surface area (Å²) in [4.78, 5) is 12.4. The maximum absolute atomic E-state index is 12.4. The first-order valence-corrected chi connectivity index (χ1v) is 6.66. The van der Waals surface area contributed by atoms with Gasteiger partial charge in [-0.3, -0.25) is 4.79 Å². The lowest BCUT2D eigenvalue weighted by atomic mass is 9.94. The highest BCUT2D eigenvalue weighted by Crippen LogP contribution is 2.26. The molecule has 0 radical (unpaired) electrons. The van der Waals surface area contributed by atoms with E-state index in [-0.39, 0.29) is 17.7 Å². The number of carbonyl (C=O) groups excluding carboxylic acids is 1. The van der Waals surface area contributed by atoms with Crippen LogP contribution in [-0.4, -0.2) is 17.6 Å². The molecule has 0 saturated carbocycles. The van der Waals surface area contributed by atoms with Crippen LogP contribution in [0.5, 0.6) is 5.75 Å². The van der Waals surface area contributed by atoms with Gasteiger partial charge >= 0.3 is 0 Å². The predicted octanol–water partition coefficient (Wildman–Crippen LogP) is 2.22. The van der Waals surface area contributed by atoms with Gasteiger partial charge in [-0.25, -0.2) is 0 Å². The van der Waals surface area contributed by atoms with Crippen molar-refractivity contribution in [1.82, 2.24) is 5.32 Å². The number of benzene rings is 2. The molecular formula is C16H16N2O2. The van der Waals surface area contributed by atoms with E-state index in [1.807, 2.05) is 18.2 Å². The van der Waals surface area contributed by atoms with Crippen LogP contribution >= 0.6 is 0 Å². The van der Waals surface area contributed by atoms with Gasteiger partial charge in [0.05, 0.1) is 5.69 Å². The molecule has 2 aromatic rings. The molecule has 4 nitrogen and oxygen atoms in total. The molecule has 0 spiro atoms. The SMILES string of the molecule is O=C(Nc1ccccc1O)C1NCCc2ccccc21. The monoisotopic (exact) mass is 268 g/mol. The number of fused-ring (bicyclic) bond motifs is 1. The molecule has 0 aromatic heterocycles. The molecule has 102 valence electrons. The van der Waals surface area contributed by atoms with E-state index in [2.05, 4.69) is 16.7 Å². The van der Waals surface area contributed by atoms with Gasteiger partial charge in [0.25, 0.3) is 0 Å². The molecule has 0 fully saturated rings. The molecule has 2 aromatic carbocycles. The zero-order valence-electron chi connectivity index (χ0n) is 11.0. The summed E-state index contributed by atoms with van der Waals surface area (Å²) in [6.45, 7) is 0.774. The van der Waals surface area contributed by atoms with E-state index in [4.69, 9.17) is 0 Å². The molecule has 1 amide bonds. The van der Waals surface area contributed by atoms with E-state index in [9.17, 15) is 9.90 Å². The van der Waals surface area contributed by atoms with Crippen molar-refractivity contribution in [3.8, 4) is 5.75 Å². The van der Waals surface area contributed by atoms with Crippen molar-refractivity contribution < 1.29 is 9.90 Å². The first kappa shape index (κ1) is 12.7. The molecule has 0 aliphatic carbocycles. The average molecular weight is 268 g/mol. The quantitative estimate of drug-likeness (QED) is 0.732. The molecule has 1 aliphatic rings. The maximum Gasteiger partial charge on any atom is 0.246 e. The number of carbonyl (C=O) groups is 1. The Morgan fingerprint density at radius 2 is 1.90 bits per heavy atom. The Kier molecular flexibility index (Phi) is 3.39. The Labute approximate surface area is 117 Å². The van der Waals surface area contributed by atoms with Gasteiger partial charge < -0.3 is 15.7 Å². The molecular weight excluding hydrogens is 252 g/mol. The van der Waals surface area contributed by atoms with Crippen molar-refractivity contribution >= 4 is 11.6 Å². The Bertz CT molecular complexity index is 640. The predicted molar refractivity (Wildman–Crippen MR) is 77.6 cm³/mol. The zero-order valence-corrected chi connectivity index (χ0v) is 11.0. The fraction of sp³-hybridized carbons (Fsp3) is 0.188. The molecule has 1 aliphatic heterocycles.